The van der Waals surface area contributed by atoms with Crippen LogP contribution in [0.15, 0.2) is 23.8 Å². The fourth-order valence-corrected chi connectivity index (χ4v) is 2.61. The van der Waals surface area contributed by atoms with E-state index in [1.54, 1.807) is 0 Å². The van der Waals surface area contributed by atoms with E-state index < -0.39 is 8.32 Å². The number of hydrogen-bond donors (Lipinski definition) is 0. The van der Waals surface area contributed by atoms with Gasteiger partial charge in [-0.15, -0.1) is 0 Å². The summed E-state index contributed by atoms with van der Waals surface area (Å²) in [5.41, 5.74) is 1.46. The minimum Gasteiger partial charge on any atom is -0.413 e. The molecule has 0 aliphatic heterocycles. The first-order valence-corrected chi connectivity index (χ1v) is 9.64. The number of allylic oxidation sites excluding steroid dienone is 3. The van der Waals surface area contributed by atoms with Crippen molar-refractivity contribution in [3.8, 4) is 0 Å². The second-order valence-electron chi connectivity index (χ2n) is 6.70. The van der Waals surface area contributed by atoms with Crippen molar-refractivity contribution >= 4 is 8.32 Å². The predicted octanol–water partition coefficient (Wildman–Crippen LogP) is 4.92. The summed E-state index contributed by atoms with van der Waals surface area (Å²) >= 11 is 0. The molecular formula is C15H28OSi. The maximum absolute atomic E-state index is 6.30. The summed E-state index contributed by atoms with van der Waals surface area (Å²) in [6.45, 7) is 14.7. The van der Waals surface area contributed by atoms with Crippen LogP contribution in [-0.2, 0) is 4.43 Å². The van der Waals surface area contributed by atoms with Crippen molar-refractivity contribution < 1.29 is 4.43 Å². The van der Waals surface area contributed by atoms with E-state index in [2.05, 4.69) is 59.0 Å². The average Bonchev–Trinajstić information content (AvgIpc) is 2.38. The third-order valence-electron chi connectivity index (χ3n) is 4.25. The van der Waals surface area contributed by atoms with E-state index in [-0.39, 0.29) is 0 Å². The average molecular weight is 252 g/mol. The molecule has 0 heterocycles. The van der Waals surface area contributed by atoms with Gasteiger partial charge in [-0.2, -0.15) is 0 Å². The number of rotatable bonds is 3. The molecule has 1 atom stereocenters. The second-order valence-corrected chi connectivity index (χ2v) is 11.5. The fourth-order valence-electron chi connectivity index (χ4n) is 1.65. The lowest BCUT2D eigenvalue weighted by atomic mass is 9.98. The molecule has 0 saturated carbocycles. The molecular weight excluding hydrogens is 224 g/mol. The lowest BCUT2D eigenvalue weighted by Gasteiger charge is -2.36. The highest BCUT2D eigenvalue weighted by atomic mass is 28.4. The molecule has 1 unspecified atom stereocenters. The molecule has 0 saturated heterocycles. The van der Waals surface area contributed by atoms with Crippen molar-refractivity contribution in [2.45, 2.75) is 58.7 Å². The SMILES string of the molecule is CC1CCC=CC=C1CO[Si](C)(C)C(C)(C)C. The van der Waals surface area contributed by atoms with Crippen LogP contribution in [-0.4, -0.2) is 14.9 Å². The van der Waals surface area contributed by atoms with Crippen LogP contribution in [0, 0.1) is 5.92 Å². The molecule has 0 bridgehead atoms. The van der Waals surface area contributed by atoms with E-state index in [0.29, 0.717) is 11.0 Å². The monoisotopic (exact) mass is 252 g/mol. The molecule has 17 heavy (non-hydrogen) atoms. The summed E-state index contributed by atoms with van der Waals surface area (Å²) < 4.78 is 6.30. The minimum absolute atomic E-state index is 0.303. The van der Waals surface area contributed by atoms with Gasteiger partial charge in [0.1, 0.15) is 0 Å². The van der Waals surface area contributed by atoms with E-state index in [0.717, 1.165) is 6.61 Å². The summed E-state index contributed by atoms with van der Waals surface area (Å²) in [5.74, 6) is 0.662. The molecule has 0 fully saturated rings. The van der Waals surface area contributed by atoms with Crippen LogP contribution >= 0.6 is 0 Å². The van der Waals surface area contributed by atoms with Gasteiger partial charge in [-0.25, -0.2) is 0 Å². The molecule has 2 heteroatoms. The van der Waals surface area contributed by atoms with E-state index in [4.69, 9.17) is 4.43 Å². The zero-order valence-corrected chi connectivity index (χ0v) is 13.3. The zero-order chi connectivity index (χ0) is 13.1. The Morgan fingerprint density at radius 1 is 1.35 bits per heavy atom. The van der Waals surface area contributed by atoms with Crippen LogP contribution in [0.1, 0.15) is 40.5 Å². The molecule has 1 aliphatic rings. The van der Waals surface area contributed by atoms with Crippen LogP contribution in [0.25, 0.3) is 0 Å². The summed E-state index contributed by atoms with van der Waals surface area (Å²) in [6.07, 6.45) is 9.15. The first-order valence-electron chi connectivity index (χ1n) is 6.73. The molecule has 0 radical (unpaired) electrons. The van der Waals surface area contributed by atoms with Gasteiger partial charge < -0.3 is 4.43 Å². The lowest BCUT2D eigenvalue weighted by Crippen LogP contribution is -2.41. The van der Waals surface area contributed by atoms with Gasteiger partial charge in [0.15, 0.2) is 8.32 Å². The standard InChI is InChI=1S/C15H28OSi/c1-13-10-8-7-9-11-14(13)12-16-17(5,6)15(2,3)4/h7,9,11,13H,8,10,12H2,1-6H3. The third-order valence-corrected chi connectivity index (χ3v) is 8.73. The van der Waals surface area contributed by atoms with E-state index >= 15 is 0 Å². The van der Waals surface area contributed by atoms with Gasteiger partial charge >= 0.3 is 0 Å². The first-order chi connectivity index (χ1) is 7.74. The molecule has 0 aromatic carbocycles. The Balaban J connectivity index is 2.61. The Kier molecular flexibility index (Phi) is 4.79. The van der Waals surface area contributed by atoms with Gasteiger partial charge in [-0.05, 0) is 42.5 Å². The van der Waals surface area contributed by atoms with Crippen LogP contribution < -0.4 is 0 Å². The Labute approximate surface area is 108 Å². The zero-order valence-electron chi connectivity index (χ0n) is 12.3. The van der Waals surface area contributed by atoms with Gasteiger partial charge in [0, 0.05) is 0 Å². The lowest BCUT2D eigenvalue weighted by molar-refractivity contribution is 0.305. The van der Waals surface area contributed by atoms with Crippen molar-refractivity contribution in [3.63, 3.8) is 0 Å². The van der Waals surface area contributed by atoms with Crippen molar-refractivity contribution in [2.75, 3.05) is 6.61 Å². The van der Waals surface area contributed by atoms with Gasteiger partial charge in [0.2, 0.25) is 0 Å². The molecule has 0 N–H and O–H groups in total. The molecule has 1 rings (SSSR count). The smallest absolute Gasteiger partial charge is 0.192 e. The molecule has 0 amide bonds. The van der Waals surface area contributed by atoms with Gasteiger partial charge in [-0.3, -0.25) is 0 Å². The third kappa shape index (κ3) is 4.11. The quantitative estimate of drug-likeness (QED) is 0.648. The largest absolute Gasteiger partial charge is 0.413 e. The van der Waals surface area contributed by atoms with Crippen molar-refractivity contribution in [2.24, 2.45) is 5.92 Å². The highest BCUT2D eigenvalue weighted by Gasteiger charge is 2.37. The summed E-state index contributed by atoms with van der Waals surface area (Å²) in [6, 6.07) is 0. The van der Waals surface area contributed by atoms with Gasteiger partial charge in [-0.1, -0.05) is 45.9 Å². The Hall–Kier alpha value is -0.343. The first kappa shape index (κ1) is 14.7. The molecule has 98 valence electrons. The highest BCUT2D eigenvalue weighted by molar-refractivity contribution is 6.74. The maximum Gasteiger partial charge on any atom is 0.192 e. The Morgan fingerprint density at radius 2 is 2.00 bits per heavy atom. The minimum atomic E-state index is -1.60. The van der Waals surface area contributed by atoms with Crippen LogP contribution in [0.3, 0.4) is 0 Å². The second kappa shape index (κ2) is 5.53. The summed E-state index contributed by atoms with van der Waals surface area (Å²) in [7, 11) is -1.60. The van der Waals surface area contributed by atoms with Crippen molar-refractivity contribution in [3.05, 3.63) is 23.8 Å². The van der Waals surface area contributed by atoms with Crippen LogP contribution in [0.4, 0.5) is 0 Å². The molecule has 0 aromatic rings. The molecule has 0 aromatic heterocycles. The van der Waals surface area contributed by atoms with Crippen molar-refractivity contribution in [1.82, 2.24) is 0 Å². The summed E-state index contributed by atoms with van der Waals surface area (Å²) in [5, 5.41) is 0.303. The molecule has 0 spiro atoms. The Bertz CT molecular complexity index is 307. The van der Waals surface area contributed by atoms with E-state index in [1.807, 2.05) is 0 Å². The van der Waals surface area contributed by atoms with Gasteiger partial charge in [0.25, 0.3) is 0 Å². The van der Waals surface area contributed by atoms with Crippen LogP contribution in [0.5, 0.6) is 0 Å². The maximum atomic E-state index is 6.30. The summed E-state index contributed by atoms with van der Waals surface area (Å²) in [4.78, 5) is 0. The molecule has 1 nitrogen and oxygen atoms in total. The predicted molar refractivity (Wildman–Crippen MR) is 78.8 cm³/mol. The number of hydrogen-bond acceptors (Lipinski definition) is 1. The Morgan fingerprint density at radius 3 is 2.59 bits per heavy atom. The topological polar surface area (TPSA) is 9.23 Å². The van der Waals surface area contributed by atoms with Crippen LogP contribution in [0.2, 0.25) is 18.1 Å². The fraction of sp³-hybridized carbons (Fsp3) is 0.733. The van der Waals surface area contributed by atoms with E-state index in [9.17, 15) is 0 Å². The van der Waals surface area contributed by atoms with Gasteiger partial charge in [0.05, 0.1) is 6.61 Å². The highest BCUT2D eigenvalue weighted by Crippen LogP contribution is 2.37. The molecule has 1 aliphatic carbocycles. The van der Waals surface area contributed by atoms with Crippen molar-refractivity contribution in [1.29, 1.82) is 0 Å². The van der Waals surface area contributed by atoms with E-state index in [1.165, 1.54) is 18.4 Å². The normalized spacial score (nSPS) is 22.2.